The van der Waals surface area contributed by atoms with Gasteiger partial charge in [-0.1, -0.05) is 0 Å². The van der Waals surface area contributed by atoms with Crippen molar-refractivity contribution in [2.45, 2.75) is 44.2 Å². The summed E-state index contributed by atoms with van der Waals surface area (Å²) in [5.41, 5.74) is 6.19. The van der Waals surface area contributed by atoms with Crippen LogP contribution in [-0.4, -0.2) is 42.8 Å². The van der Waals surface area contributed by atoms with E-state index in [1.54, 1.807) is 0 Å². The maximum Gasteiger partial charge on any atom is 0.0621 e. The summed E-state index contributed by atoms with van der Waals surface area (Å²) in [7, 11) is 0. The first-order valence-corrected chi connectivity index (χ1v) is 5.78. The molecule has 1 atom stereocenters. The molecule has 2 aliphatic heterocycles. The van der Waals surface area contributed by atoms with Gasteiger partial charge in [-0.15, -0.1) is 0 Å². The standard InChI is InChI=1S/C11H22N2O/c1-11(12)4-6-13(7-5-11)10-3-2-8-14-9-10/h10H,2-9,12H2,1H3. The van der Waals surface area contributed by atoms with Crippen molar-refractivity contribution in [1.29, 1.82) is 0 Å². The first-order valence-electron chi connectivity index (χ1n) is 5.78. The molecule has 82 valence electrons. The molecule has 14 heavy (non-hydrogen) atoms. The molecule has 0 saturated carbocycles. The average molecular weight is 198 g/mol. The first-order chi connectivity index (χ1) is 6.67. The second-order valence-corrected chi connectivity index (χ2v) is 5.06. The lowest BCUT2D eigenvalue weighted by molar-refractivity contribution is 0.00341. The third-order valence-electron chi connectivity index (χ3n) is 3.59. The molecule has 2 saturated heterocycles. The summed E-state index contributed by atoms with van der Waals surface area (Å²) in [4.78, 5) is 2.56. The lowest BCUT2D eigenvalue weighted by atomic mass is 9.90. The fourth-order valence-electron chi connectivity index (χ4n) is 2.41. The molecule has 0 amide bonds. The minimum Gasteiger partial charge on any atom is -0.380 e. The van der Waals surface area contributed by atoms with Crippen LogP contribution in [0.5, 0.6) is 0 Å². The molecule has 2 rings (SSSR count). The van der Waals surface area contributed by atoms with Gasteiger partial charge in [-0.05, 0) is 32.6 Å². The molecule has 0 spiro atoms. The van der Waals surface area contributed by atoms with Gasteiger partial charge in [0.2, 0.25) is 0 Å². The third-order valence-corrected chi connectivity index (χ3v) is 3.59. The molecular formula is C11H22N2O. The Labute approximate surface area is 86.6 Å². The molecule has 0 aromatic rings. The van der Waals surface area contributed by atoms with E-state index in [2.05, 4.69) is 11.8 Å². The maximum absolute atomic E-state index is 6.11. The molecule has 2 heterocycles. The molecule has 0 bridgehead atoms. The van der Waals surface area contributed by atoms with Crippen LogP contribution in [0, 0.1) is 0 Å². The van der Waals surface area contributed by atoms with E-state index >= 15 is 0 Å². The minimum absolute atomic E-state index is 0.0754. The van der Waals surface area contributed by atoms with Gasteiger partial charge in [-0.3, -0.25) is 4.90 Å². The molecule has 3 nitrogen and oxygen atoms in total. The number of ether oxygens (including phenoxy) is 1. The van der Waals surface area contributed by atoms with Crippen molar-refractivity contribution in [2.75, 3.05) is 26.3 Å². The SMILES string of the molecule is CC1(N)CCN(C2CCCOC2)CC1. The lowest BCUT2D eigenvalue weighted by Crippen LogP contribution is -2.52. The van der Waals surface area contributed by atoms with Gasteiger partial charge in [0.05, 0.1) is 6.61 Å². The molecule has 0 aliphatic carbocycles. The summed E-state index contributed by atoms with van der Waals surface area (Å²) in [5.74, 6) is 0. The van der Waals surface area contributed by atoms with Crippen molar-refractivity contribution in [1.82, 2.24) is 4.90 Å². The minimum atomic E-state index is 0.0754. The van der Waals surface area contributed by atoms with E-state index < -0.39 is 0 Å². The summed E-state index contributed by atoms with van der Waals surface area (Å²) >= 11 is 0. The molecule has 0 aromatic carbocycles. The molecule has 2 N–H and O–H groups in total. The van der Waals surface area contributed by atoms with E-state index in [1.165, 1.54) is 12.8 Å². The Hall–Kier alpha value is -0.120. The Balaban J connectivity index is 1.82. The van der Waals surface area contributed by atoms with Crippen LogP contribution >= 0.6 is 0 Å². The molecule has 2 aliphatic rings. The highest BCUT2D eigenvalue weighted by Gasteiger charge is 2.30. The highest BCUT2D eigenvalue weighted by molar-refractivity contribution is 4.88. The van der Waals surface area contributed by atoms with E-state index in [0.717, 1.165) is 39.1 Å². The van der Waals surface area contributed by atoms with Crippen LogP contribution in [0.3, 0.4) is 0 Å². The number of nitrogens with zero attached hydrogens (tertiary/aromatic N) is 1. The summed E-state index contributed by atoms with van der Waals surface area (Å²) in [6.45, 7) is 6.37. The zero-order valence-electron chi connectivity index (χ0n) is 9.17. The quantitative estimate of drug-likeness (QED) is 0.682. The van der Waals surface area contributed by atoms with Crippen LogP contribution in [0.1, 0.15) is 32.6 Å². The van der Waals surface area contributed by atoms with Crippen LogP contribution in [0.2, 0.25) is 0 Å². The van der Waals surface area contributed by atoms with E-state index in [-0.39, 0.29) is 5.54 Å². The monoisotopic (exact) mass is 198 g/mol. The van der Waals surface area contributed by atoms with Crippen molar-refractivity contribution in [2.24, 2.45) is 5.73 Å². The van der Waals surface area contributed by atoms with Gasteiger partial charge < -0.3 is 10.5 Å². The van der Waals surface area contributed by atoms with Crippen molar-refractivity contribution in [3.8, 4) is 0 Å². The van der Waals surface area contributed by atoms with Gasteiger partial charge in [0.25, 0.3) is 0 Å². The number of nitrogens with two attached hydrogens (primary N) is 1. The zero-order valence-corrected chi connectivity index (χ0v) is 9.17. The number of hydrogen-bond donors (Lipinski definition) is 1. The van der Waals surface area contributed by atoms with Gasteiger partial charge in [0, 0.05) is 31.3 Å². The average Bonchev–Trinajstić information content (AvgIpc) is 2.19. The first kappa shape index (κ1) is 10.4. The number of rotatable bonds is 1. The summed E-state index contributed by atoms with van der Waals surface area (Å²) in [6.07, 6.45) is 4.79. The third kappa shape index (κ3) is 2.47. The van der Waals surface area contributed by atoms with Crippen molar-refractivity contribution >= 4 is 0 Å². The van der Waals surface area contributed by atoms with Crippen molar-refractivity contribution < 1.29 is 4.74 Å². The molecular weight excluding hydrogens is 176 g/mol. The zero-order chi connectivity index (χ0) is 10.0. The fourth-order valence-corrected chi connectivity index (χ4v) is 2.41. The Morgan fingerprint density at radius 3 is 2.64 bits per heavy atom. The molecule has 0 aromatic heterocycles. The van der Waals surface area contributed by atoms with Gasteiger partial charge in [-0.2, -0.15) is 0 Å². The molecule has 2 fully saturated rings. The summed E-state index contributed by atoms with van der Waals surface area (Å²) in [5, 5.41) is 0. The van der Waals surface area contributed by atoms with E-state index in [0.29, 0.717) is 6.04 Å². The second-order valence-electron chi connectivity index (χ2n) is 5.06. The predicted molar refractivity (Wildman–Crippen MR) is 57.2 cm³/mol. The van der Waals surface area contributed by atoms with Gasteiger partial charge in [0.1, 0.15) is 0 Å². The normalized spacial score (nSPS) is 34.3. The summed E-state index contributed by atoms with van der Waals surface area (Å²) in [6, 6.07) is 0.667. The highest BCUT2D eigenvalue weighted by Crippen LogP contribution is 2.23. The highest BCUT2D eigenvalue weighted by atomic mass is 16.5. The Morgan fingerprint density at radius 2 is 2.07 bits per heavy atom. The smallest absolute Gasteiger partial charge is 0.0621 e. The fraction of sp³-hybridized carbons (Fsp3) is 1.00. The van der Waals surface area contributed by atoms with E-state index in [4.69, 9.17) is 10.5 Å². The molecule has 0 radical (unpaired) electrons. The summed E-state index contributed by atoms with van der Waals surface area (Å²) < 4.78 is 5.51. The Bertz CT molecular complexity index is 178. The van der Waals surface area contributed by atoms with Crippen LogP contribution in [0.25, 0.3) is 0 Å². The van der Waals surface area contributed by atoms with Crippen LogP contribution in [0.4, 0.5) is 0 Å². The molecule has 1 unspecified atom stereocenters. The van der Waals surface area contributed by atoms with Gasteiger partial charge in [-0.25, -0.2) is 0 Å². The molecule has 3 heteroatoms. The second kappa shape index (κ2) is 4.17. The number of hydrogen-bond acceptors (Lipinski definition) is 3. The largest absolute Gasteiger partial charge is 0.380 e. The van der Waals surface area contributed by atoms with Crippen LogP contribution in [0.15, 0.2) is 0 Å². The van der Waals surface area contributed by atoms with E-state index in [1.807, 2.05) is 0 Å². The Kier molecular flexibility index (Phi) is 3.10. The topological polar surface area (TPSA) is 38.5 Å². The van der Waals surface area contributed by atoms with Crippen molar-refractivity contribution in [3.63, 3.8) is 0 Å². The van der Waals surface area contributed by atoms with E-state index in [9.17, 15) is 0 Å². The predicted octanol–water partition coefficient (Wildman–Crippen LogP) is 0.979. The van der Waals surface area contributed by atoms with Gasteiger partial charge in [0.15, 0.2) is 0 Å². The van der Waals surface area contributed by atoms with Gasteiger partial charge >= 0.3 is 0 Å². The Morgan fingerprint density at radius 1 is 1.36 bits per heavy atom. The maximum atomic E-state index is 6.11. The van der Waals surface area contributed by atoms with Crippen LogP contribution in [-0.2, 0) is 4.74 Å². The van der Waals surface area contributed by atoms with Crippen molar-refractivity contribution in [3.05, 3.63) is 0 Å². The number of piperidine rings is 1. The van der Waals surface area contributed by atoms with Crippen LogP contribution < -0.4 is 5.73 Å². The number of likely N-dealkylation sites (tertiary alicyclic amines) is 1. The lowest BCUT2D eigenvalue weighted by Gasteiger charge is -2.41.